The van der Waals surface area contributed by atoms with Gasteiger partial charge >= 0.3 is 0 Å². The van der Waals surface area contributed by atoms with Crippen LogP contribution in [-0.2, 0) is 4.74 Å². The Morgan fingerprint density at radius 3 is 2.55 bits per heavy atom. The van der Waals surface area contributed by atoms with Crippen LogP contribution < -0.4 is 5.32 Å². The van der Waals surface area contributed by atoms with Gasteiger partial charge in [-0.2, -0.15) is 5.26 Å². The van der Waals surface area contributed by atoms with Crippen LogP contribution in [0.5, 0.6) is 0 Å². The van der Waals surface area contributed by atoms with E-state index in [1.54, 1.807) is 0 Å². The minimum Gasteiger partial charge on any atom is -0.378 e. The number of hydrogen-bond donors (Lipinski definition) is 1. The summed E-state index contributed by atoms with van der Waals surface area (Å²) < 4.78 is 6.22. The Kier molecular flexibility index (Phi) is 3.59. The van der Waals surface area contributed by atoms with Crippen molar-refractivity contribution in [3.8, 4) is 6.07 Å². The van der Waals surface area contributed by atoms with E-state index < -0.39 is 0 Å². The second-order valence-electron chi connectivity index (χ2n) is 7.88. The number of ether oxygens (including phenoxy) is 1. The molecule has 3 fully saturated rings. The first-order chi connectivity index (χ1) is 9.47. The van der Waals surface area contributed by atoms with Crippen molar-refractivity contribution in [2.75, 3.05) is 6.61 Å². The third-order valence-corrected chi connectivity index (χ3v) is 6.61. The molecule has 3 aliphatic carbocycles. The smallest absolute Gasteiger partial charge is 0.0977 e. The lowest BCUT2D eigenvalue weighted by molar-refractivity contribution is -0.0480. The monoisotopic (exact) mass is 276 g/mol. The van der Waals surface area contributed by atoms with Crippen molar-refractivity contribution < 1.29 is 4.74 Å². The van der Waals surface area contributed by atoms with Gasteiger partial charge in [-0.1, -0.05) is 20.8 Å². The Balaban J connectivity index is 1.48. The summed E-state index contributed by atoms with van der Waals surface area (Å²) in [7, 11) is 0. The number of rotatable bonds is 6. The summed E-state index contributed by atoms with van der Waals surface area (Å²) in [5.74, 6) is 0.828. The summed E-state index contributed by atoms with van der Waals surface area (Å²) in [5.41, 5.74) is 0.752. The van der Waals surface area contributed by atoms with Crippen molar-refractivity contribution in [3.63, 3.8) is 0 Å². The van der Waals surface area contributed by atoms with E-state index in [2.05, 4.69) is 32.2 Å². The van der Waals surface area contributed by atoms with E-state index >= 15 is 0 Å². The van der Waals surface area contributed by atoms with Gasteiger partial charge in [-0.15, -0.1) is 0 Å². The van der Waals surface area contributed by atoms with Gasteiger partial charge in [0.2, 0.25) is 0 Å². The Labute approximate surface area is 123 Å². The highest BCUT2D eigenvalue weighted by Gasteiger charge is 2.61. The van der Waals surface area contributed by atoms with E-state index in [-0.39, 0.29) is 6.04 Å². The predicted octanol–water partition coefficient (Wildman–Crippen LogP) is 3.25. The van der Waals surface area contributed by atoms with Crippen LogP contribution in [0.2, 0.25) is 0 Å². The Bertz CT molecular complexity index is 410. The van der Waals surface area contributed by atoms with Gasteiger partial charge in [-0.05, 0) is 55.3 Å². The summed E-state index contributed by atoms with van der Waals surface area (Å²) in [5, 5.41) is 12.6. The van der Waals surface area contributed by atoms with E-state index in [9.17, 15) is 0 Å². The Hall–Kier alpha value is -0.590. The molecule has 20 heavy (non-hydrogen) atoms. The van der Waals surface area contributed by atoms with E-state index in [1.165, 1.54) is 32.1 Å². The molecule has 112 valence electrons. The number of nitrogens with zero attached hydrogens (tertiary/aromatic N) is 1. The topological polar surface area (TPSA) is 45.0 Å². The molecule has 2 bridgehead atoms. The molecule has 0 saturated heterocycles. The lowest BCUT2D eigenvalue weighted by Crippen LogP contribution is -2.38. The minimum absolute atomic E-state index is 0.0260. The standard InChI is InChI=1S/C17H28N2O/c1-16(2)12-6-8-17(16,3)15(10-12)20-9-7-14(11-18)19-13-4-5-13/h12-15,19H,4-10H2,1-3H3. The summed E-state index contributed by atoms with van der Waals surface area (Å²) in [6, 6.07) is 2.94. The average molecular weight is 276 g/mol. The zero-order chi connectivity index (χ0) is 14.4. The second-order valence-corrected chi connectivity index (χ2v) is 7.88. The molecule has 0 radical (unpaired) electrons. The highest BCUT2D eigenvalue weighted by atomic mass is 16.5. The maximum absolute atomic E-state index is 9.17. The van der Waals surface area contributed by atoms with Crippen molar-refractivity contribution in [2.45, 2.75) is 77.5 Å². The fourth-order valence-corrected chi connectivity index (χ4v) is 4.43. The molecule has 0 aromatic heterocycles. The molecular formula is C17H28N2O. The predicted molar refractivity (Wildman–Crippen MR) is 79.1 cm³/mol. The van der Waals surface area contributed by atoms with Gasteiger partial charge in [0.05, 0.1) is 18.2 Å². The van der Waals surface area contributed by atoms with Crippen LogP contribution in [0.3, 0.4) is 0 Å². The van der Waals surface area contributed by atoms with Crippen LogP contribution in [0, 0.1) is 28.1 Å². The SMILES string of the molecule is CC1(C)C2CCC1(C)C(OCCC(C#N)NC1CC1)C2. The van der Waals surface area contributed by atoms with Gasteiger partial charge < -0.3 is 4.74 Å². The highest BCUT2D eigenvalue weighted by Crippen LogP contribution is 2.66. The van der Waals surface area contributed by atoms with E-state index in [4.69, 9.17) is 10.00 Å². The number of nitriles is 1. The molecule has 0 aromatic rings. The number of fused-ring (bicyclic) bond motifs is 2. The van der Waals surface area contributed by atoms with Crippen LogP contribution in [0.1, 0.15) is 59.3 Å². The molecule has 4 atom stereocenters. The molecule has 0 aromatic carbocycles. The molecule has 0 spiro atoms. The summed E-state index contributed by atoms with van der Waals surface area (Å²) in [6.07, 6.45) is 7.58. The molecule has 0 heterocycles. The average Bonchev–Trinajstić information content (AvgIpc) is 3.16. The molecular weight excluding hydrogens is 248 g/mol. The van der Waals surface area contributed by atoms with Gasteiger partial charge in [0.1, 0.15) is 0 Å². The van der Waals surface area contributed by atoms with E-state index in [1.807, 2.05) is 0 Å². The molecule has 0 amide bonds. The number of hydrogen-bond acceptors (Lipinski definition) is 3. The zero-order valence-corrected chi connectivity index (χ0v) is 13.1. The first-order valence-corrected chi connectivity index (χ1v) is 8.24. The molecule has 3 nitrogen and oxygen atoms in total. The second kappa shape index (κ2) is 5.00. The molecule has 3 rings (SSSR count). The van der Waals surface area contributed by atoms with Gasteiger partial charge in [0, 0.05) is 12.6 Å². The summed E-state index contributed by atoms with van der Waals surface area (Å²) in [6.45, 7) is 7.97. The van der Waals surface area contributed by atoms with E-state index in [0.717, 1.165) is 18.9 Å². The molecule has 3 heteroatoms. The quantitative estimate of drug-likeness (QED) is 0.810. The van der Waals surface area contributed by atoms with Crippen LogP contribution in [0.15, 0.2) is 0 Å². The van der Waals surface area contributed by atoms with E-state index in [0.29, 0.717) is 23.0 Å². The maximum Gasteiger partial charge on any atom is 0.0977 e. The Morgan fingerprint density at radius 2 is 2.05 bits per heavy atom. The van der Waals surface area contributed by atoms with Crippen molar-refractivity contribution in [1.82, 2.24) is 5.32 Å². The third kappa shape index (κ3) is 2.27. The van der Waals surface area contributed by atoms with Gasteiger partial charge in [0.15, 0.2) is 0 Å². The molecule has 1 N–H and O–H groups in total. The summed E-state index contributed by atoms with van der Waals surface area (Å²) >= 11 is 0. The lowest BCUT2D eigenvalue weighted by atomic mass is 9.70. The minimum atomic E-state index is -0.0260. The largest absolute Gasteiger partial charge is 0.378 e. The van der Waals surface area contributed by atoms with Crippen LogP contribution in [0.25, 0.3) is 0 Å². The van der Waals surface area contributed by atoms with Crippen molar-refractivity contribution >= 4 is 0 Å². The molecule has 0 aliphatic heterocycles. The highest BCUT2D eigenvalue weighted by molar-refractivity contribution is 5.11. The normalized spacial score (nSPS) is 39.7. The van der Waals surface area contributed by atoms with Crippen LogP contribution in [0.4, 0.5) is 0 Å². The van der Waals surface area contributed by atoms with Gasteiger partial charge in [-0.3, -0.25) is 5.32 Å². The first kappa shape index (κ1) is 14.4. The zero-order valence-electron chi connectivity index (χ0n) is 13.1. The molecule has 4 unspecified atom stereocenters. The fraction of sp³-hybridized carbons (Fsp3) is 0.941. The van der Waals surface area contributed by atoms with Gasteiger partial charge in [-0.25, -0.2) is 0 Å². The molecule has 3 saturated carbocycles. The third-order valence-electron chi connectivity index (χ3n) is 6.61. The maximum atomic E-state index is 9.17. The Morgan fingerprint density at radius 1 is 1.30 bits per heavy atom. The van der Waals surface area contributed by atoms with Crippen LogP contribution in [-0.4, -0.2) is 24.8 Å². The van der Waals surface area contributed by atoms with Crippen molar-refractivity contribution in [1.29, 1.82) is 5.26 Å². The first-order valence-electron chi connectivity index (χ1n) is 8.24. The van der Waals surface area contributed by atoms with Crippen LogP contribution >= 0.6 is 0 Å². The lowest BCUT2D eigenvalue weighted by Gasteiger charge is -2.39. The van der Waals surface area contributed by atoms with Gasteiger partial charge in [0.25, 0.3) is 0 Å². The summed E-state index contributed by atoms with van der Waals surface area (Å²) in [4.78, 5) is 0. The molecule has 3 aliphatic rings. The fourth-order valence-electron chi connectivity index (χ4n) is 4.43. The van der Waals surface area contributed by atoms with Crippen molar-refractivity contribution in [2.24, 2.45) is 16.7 Å². The number of nitrogens with one attached hydrogen (secondary N) is 1. The van der Waals surface area contributed by atoms with Crippen molar-refractivity contribution in [3.05, 3.63) is 0 Å².